The Morgan fingerprint density at radius 3 is 2.35 bits per heavy atom. The van der Waals surface area contributed by atoms with Crippen LogP contribution in [0.3, 0.4) is 0 Å². The summed E-state index contributed by atoms with van der Waals surface area (Å²) in [5.74, 6) is 0.958. The van der Waals surface area contributed by atoms with Gasteiger partial charge in [-0.1, -0.05) is 6.92 Å². The SMILES string of the molecule is CCc1nc(CCOCCC[Si](OC)(OC)OC)c(CCO)[nH]1. The molecule has 7 nitrogen and oxygen atoms in total. The van der Waals surface area contributed by atoms with Crippen LogP contribution in [-0.4, -0.2) is 65.0 Å². The molecule has 8 heteroatoms. The number of hydrogen-bond acceptors (Lipinski definition) is 6. The lowest BCUT2D eigenvalue weighted by molar-refractivity contribution is 0.108. The Bertz CT molecular complexity index is 429. The standard InChI is InChI=1S/C15H30N2O5Si/c1-5-15-16-13(7-9-18)14(17-15)8-11-22-10-6-12-23(19-2,20-3)21-4/h18H,5-12H2,1-4H3,(H,16,17). The zero-order valence-corrected chi connectivity index (χ0v) is 15.7. The summed E-state index contributed by atoms with van der Waals surface area (Å²) < 4.78 is 21.8. The molecule has 0 amide bonds. The zero-order chi connectivity index (χ0) is 17.1. The van der Waals surface area contributed by atoms with Crippen molar-refractivity contribution >= 4 is 8.80 Å². The van der Waals surface area contributed by atoms with E-state index in [1.165, 1.54) is 0 Å². The smallest absolute Gasteiger partial charge is 0.396 e. The molecule has 0 aliphatic rings. The highest BCUT2D eigenvalue weighted by Gasteiger charge is 2.36. The van der Waals surface area contributed by atoms with Gasteiger partial charge in [-0.25, -0.2) is 4.98 Å². The largest absolute Gasteiger partial charge is 0.500 e. The van der Waals surface area contributed by atoms with Crippen LogP contribution < -0.4 is 0 Å². The van der Waals surface area contributed by atoms with Crippen molar-refractivity contribution in [2.75, 3.05) is 41.2 Å². The maximum Gasteiger partial charge on any atom is 0.500 e. The van der Waals surface area contributed by atoms with Gasteiger partial charge in [-0.15, -0.1) is 0 Å². The van der Waals surface area contributed by atoms with Crippen molar-refractivity contribution in [3.05, 3.63) is 17.2 Å². The van der Waals surface area contributed by atoms with Gasteiger partial charge in [0.1, 0.15) is 5.82 Å². The predicted octanol–water partition coefficient (Wildman–Crippen LogP) is 1.33. The summed E-state index contributed by atoms with van der Waals surface area (Å²) in [7, 11) is 2.36. The number of aliphatic hydroxyl groups excluding tert-OH is 1. The number of aliphatic hydroxyl groups is 1. The highest BCUT2D eigenvalue weighted by Crippen LogP contribution is 2.15. The summed E-state index contributed by atoms with van der Waals surface area (Å²) in [6, 6.07) is 0.731. The number of aromatic amines is 1. The monoisotopic (exact) mass is 346 g/mol. The third-order valence-corrected chi connectivity index (χ3v) is 6.63. The lowest BCUT2D eigenvalue weighted by Crippen LogP contribution is -2.42. The lowest BCUT2D eigenvalue weighted by Gasteiger charge is -2.24. The van der Waals surface area contributed by atoms with Crippen molar-refractivity contribution in [3.63, 3.8) is 0 Å². The van der Waals surface area contributed by atoms with Crippen molar-refractivity contribution in [3.8, 4) is 0 Å². The van der Waals surface area contributed by atoms with Crippen molar-refractivity contribution in [1.82, 2.24) is 9.97 Å². The van der Waals surface area contributed by atoms with Gasteiger partial charge >= 0.3 is 8.80 Å². The summed E-state index contributed by atoms with van der Waals surface area (Å²) in [6.45, 7) is 3.41. The van der Waals surface area contributed by atoms with Crippen LogP contribution in [0.2, 0.25) is 6.04 Å². The normalized spacial score (nSPS) is 12.0. The third kappa shape index (κ3) is 6.32. The number of ether oxygens (including phenoxy) is 1. The molecule has 0 fully saturated rings. The van der Waals surface area contributed by atoms with Gasteiger partial charge in [0.05, 0.1) is 12.3 Å². The Labute approximate surface area is 139 Å². The first-order valence-corrected chi connectivity index (χ1v) is 9.98. The van der Waals surface area contributed by atoms with Crippen LogP contribution in [0.1, 0.15) is 30.6 Å². The summed E-state index contributed by atoms with van der Waals surface area (Å²) in [6.07, 6.45) is 3.03. The number of rotatable bonds is 13. The van der Waals surface area contributed by atoms with E-state index in [1.807, 2.05) is 0 Å². The summed E-state index contributed by atoms with van der Waals surface area (Å²) in [5.41, 5.74) is 2.00. The van der Waals surface area contributed by atoms with Crippen LogP contribution in [0.4, 0.5) is 0 Å². The third-order valence-electron chi connectivity index (χ3n) is 3.80. The molecular weight excluding hydrogens is 316 g/mol. The van der Waals surface area contributed by atoms with E-state index < -0.39 is 8.80 Å². The molecule has 0 spiro atoms. The van der Waals surface area contributed by atoms with E-state index in [2.05, 4.69) is 16.9 Å². The van der Waals surface area contributed by atoms with Gasteiger partial charge in [0.2, 0.25) is 0 Å². The predicted molar refractivity (Wildman–Crippen MR) is 89.5 cm³/mol. The first kappa shape index (κ1) is 20.3. The van der Waals surface area contributed by atoms with E-state index in [1.54, 1.807) is 21.3 Å². The first-order chi connectivity index (χ1) is 11.1. The Morgan fingerprint density at radius 2 is 1.78 bits per heavy atom. The van der Waals surface area contributed by atoms with E-state index in [0.29, 0.717) is 19.6 Å². The van der Waals surface area contributed by atoms with Gasteiger partial charge in [0.15, 0.2) is 0 Å². The van der Waals surface area contributed by atoms with Crippen LogP contribution in [-0.2, 0) is 37.3 Å². The Hall–Kier alpha value is -0.773. The van der Waals surface area contributed by atoms with Crippen molar-refractivity contribution in [1.29, 1.82) is 0 Å². The maximum atomic E-state index is 9.10. The van der Waals surface area contributed by atoms with Crippen molar-refractivity contribution in [2.45, 2.75) is 38.7 Å². The van der Waals surface area contributed by atoms with E-state index in [-0.39, 0.29) is 6.61 Å². The molecule has 0 aliphatic heterocycles. The van der Waals surface area contributed by atoms with Gasteiger partial charge in [-0.05, 0) is 6.42 Å². The van der Waals surface area contributed by atoms with Crippen LogP contribution >= 0.6 is 0 Å². The van der Waals surface area contributed by atoms with E-state index in [4.69, 9.17) is 23.1 Å². The molecule has 0 aromatic carbocycles. The van der Waals surface area contributed by atoms with Crippen LogP contribution in [0.15, 0.2) is 0 Å². The molecule has 1 aromatic heterocycles. The average Bonchev–Trinajstić information content (AvgIpc) is 2.97. The topological polar surface area (TPSA) is 85.8 Å². The van der Waals surface area contributed by atoms with E-state index in [9.17, 15) is 0 Å². The highest BCUT2D eigenvalue weighted by molar-refractivity contribution is 6.60. The van der Waals surface area contributed by atoms with Gasteiger partial charge < -0.3 is 28.1 Å². The van der Waals surface area contributed by atoms with E-state index in [0.717, 1.165) is 42.5 Å². The molecule has 134 valence electrons. The molecule has 0 saturated carbocycles. The lowest BCUT2D eigenvalue weighted by atomic mass is 10.2. The minimum atomic E-state index is -2.49. The fraction of sp³-hybridized carbons (Fsp3) is 0.800. The molecular formula is C15H30N2O5Si. The number of H-pyrrole nitrogens is 1. The maximum absolute atomic E-state index is 9.10. The summed E-state index contributed by atoms with van der Waals surface area (Å²) >= 11 is 0. The summed E-state index contributed by atoms with van der Waals surface area (Å²) in [5, 5.41) is 9.10. The van der Waals surface area contributed by atoms with Gasteiger partial charge in [-0.2, -0.15) is 0 Å². The fourth-order valence-electron chi connectivity index (χ4n) is 2.42. The van der Waals surface area contributed by atoms with Crippen molar-refractivity contribution in [2.24, 2.45) is 0 Å². The molecule has 1 heterocycles. The Morgan fingerprint density at radius 1 is 1.09 bits per heavy atom. The Kier molecular flexibility index (Phi) is 9.61. The second kappa shape index (κ2) is 10.9. The molecule has 2 N–H and O–H groups in total. The number of nitrogens with zero attached hydrogens (tertiary/aromatic N) is 1. The number of aryl methyl sites for hydroxylation is 1. The minimum absolute atomic E-state index is 0.122. The molecule has 1 aromatic rings. The Balaban J connectivity index is 2.31. The number of aromatic nitrogens is 2. The molecule has 0 unspecified atom stereocenters. The van der Waals surface area contributed by atoms with Gasteiger partial charge in [0, 0.05) is 65.5 Å². The number of hydrogen-bond donors (Lipinski definition) is 2. The molecule has 1 rings (SSSR count). The minimum Gasteiger partial charge on any atom is -0.396 e. The van der Waals surface area contributed by atoms with Crippen LogP contribution in [0.5, 0.6) is 0 Å². The van der Waals surface area contributed by atoms with Gasteiger partial charge in [0.25, 0.3) is 0 Å². The fourth-order valence-corrected chi connectivity index (χ4v) is 4.11. The molecule has 0 radical (unpaired) electrons. The number of imidazole rings is 1. The molecule has 0 bridgehead atoms. The second-order valence-electron chi connectivity index (χ2n) is 5.20. The number of nitrogens with one attached hydrogen (secondary N) is 1. The van der Waals surface area contributed by atoms with E-state index >= 15 is 0 Å². The van der Waals surface area contributed by atoms with Gasteiger partial charge in [-0.3, -0.25) is 0 Å². The zero-order valence-electron chi connectivity index (χ0n) is 14.7. The second-order valence-corrected chi connectivity index (χ2v) is 8.29. The quantitative estimate of drug-likeness (QED) is 0.414. The molecule has 0 aliphatic carbocycles. The van der Waals surface area contributed by atoms with Crippen molar-refractivity contribution < 1.29 is 23.1 Å². The van der Waals surface area contributed by atoms with Crippen LogP contribution in [0, 0.1) is 0 Å². The average molecular weight is 347 g/mol. The highest BCUT2D eigenvalue weighted by atomic mass is 28.4. The molecule has 0 saturated heterocycles. The van der Waals surface area contributed by atoms with Crippen LogP contribution in [0.25, 0.3) is 0 Å². The molecule has 23 heavy (non-hydrogen) atoms. The first-order valence-electron chi connectivity index (χ1n) is 8.05. The summed E-state index contributed by atoms with van der Waals surface area (Å²) in [4.78, 5) is 7.80. The molecule has 0 atom stereocenters.